The lowest BCUT2D eigenvalue weighted by Crippen LogP contribution is -2.28. The second-order valence-corrected chi connectivity index (χ2v) is 12.0. The average molecular weight is 532 g/mol. The number of amides is 1. The predicted octanol–water partition coefficient (Wildman–Crippen LogP) is 5.44. The van der Waals surface area contributed by atoms with Gasteiger partial charge in [0.25, 0.3) is 10.0 Å². The molecule has 0 bridgehead atoms. The largest absolute Gasteiger partial charge is 0.392 e. The first-order valence-corrected chi connectivity index (χ1v) is 13.9. The van der Waals surface area contributed by atoms with Crippen molar-refractivity contribution in [3.63, 3.8) is 0 Å². The van der Waals surface area contributed by atoms with Crippen LogP contribution in [0.5, 0.6) is 0 Å². The Kier molecular flexibility index (Phi) is 7.76. The molecular weight excluding hydrogens is 498 g/mol. The molecule has 8 heteroatoms. The first-order valence-electron chi connectivity index (χ1n) is 12.4. The van der Waals surface area contributed by atoms with Gasteiger partial charge in [0.2, 0.25) is 5.91 Å². The van der Waals surface area contributed by atoms with Gasteiger partial charge in [-0.15, -0.1) is 0 Å². The third-order valence-electron chi connectivity index (χ3n) is 6.15. The molecule has 0 aliphatic carbocycles. The first kappa shape index (κ1) is 27.2. The van der Waals surface area contributed by atoms with Crippen LogP contribution in [0.1, 0.15) is 39.0 Å². The summed E-state index contributed by atoms with van der Waals surface area (Å²) in [5.74, 6) is -0.325. The van der Waals surface area contributed by atoms with Crippen LogP contribution in [0.25, 0.3) is 28.1 Å². The summed E-state index contributed by atoms with van der Waals surface area (Å²) in [5.41, 5.74) is 4.67. The number of nitrogens with one attached hydrogen (secondary N) is 3. The molecule has 0 aliphatic heterocycles. The Balaban J connectivity index is 1.69. The van der Waals surface area contributed by atoms with Gasteiger partial charge in [-0.05, 0) is 59.9 Å². The number of aromatic nitrogens is 1. The normalized spacial score (nSPS) is 13.1. The fourth-order valence-electron chi connectivity index (χ4n) is 4.13. The summed E-state index contributed by atoms with van der Waals surface area (Å²) in [4.78, 5) is 15.7. The van der Waals surface area contributed by atoms with Crippen molar-refractivity contribution in [1.82, 2.24) is 10.3 Å². The van der Waals surface area contributed by atoms with Gasteiger partial charge >= 0.3 is 0 Å². The maximum Gasteiger partial charge on any atom is 0.261 e. The standard InChI is InChI=1S/C30H33N3O4S/c1-20(34)19-31-28(35)17-16-27-29(21-8-6-5-7-9-21)25-18-23(12-15-26(25)32-27)33-38(36,37)24-13-10-22(11-14-24)30(2,3)4/h5-18,20,32-34H,19H2,1-4H3,(H,31,35). The number of aromatic amines is 1. The second-order valence-electron chi connectivity index (χ2n) is 10.3. The number of sulfonamides is 1. The molecule has 7 nitrogen and oxygen atoms in total. The van der Waals surface area contributed by atoms with Crippen molar-refractivity contribution in [2.24, 2.45) is 0 Å². The molecule has 3 aromatic carbocycles. The predicted molar refractivity (Wildman–Crippen MR) is 153 cm³/mol. The van der Waals surface area contributed by atoms with Gasteiger partial charge in [-0.2, -0.15) is 0 Å². The van der Waals surface area contributed by atoms with E-state index in [4.69, 9.17) is 0 Å². The maximum absolute atomic E-state index is 13.2. The highest BCUT2D eigenvalue weighted by atomic mass is 32.2. The molecule has 0 spiro atoms. The van der Waals surface area contributed by atoms with Crippen LogP contribution in [-0.4, -0.2) is 37.1 Å². The van der Waals surface area contributed by atoms with Gasteiger partial charge in [-0.3, -0.25) is 9.52 Å². The Labute approximate surface area is 223 Å². The number of aliphatic hydroxyl groups is 1. The van der Waals surface area contributed by atoms with Gasteiger partial charge in [0.15, 0.2) is 0 Å². The summed E-state index contributed by atoms with van der Waals surface area (Å²) < 4.78 is 29.0. The Bertz CT molecular complexity index is 1560. The number of H-pyrrole nitrogens is 1. The van der Waals surface area contributed by atoms with Crippen LogP contribution in [-0.2, 0) is 20.2 Å². The number of fused-ring (bicyclic) bond motifs is 1. The van der Waals surface area contributed by atoms with E-state index in [2.05, 4.69) is 35.8 Å². The molecular formula is C30H33N3O4S. The molecule has 1 unspecified atom stereocenters. The summed E-state index contributed by atoms with van der Waals surface area (Å²) in [6.45, 7) is 8.00. The molecule has 0 aliphatic rings. The molecule has 1 aromatic heterocycles. The highest BCUT2D eigenvalue weighted by molar-refractivity contribution is 7.92. The molecule has 1 heterocycles. The summed E-state index contributed by atoms with van der Waals surface area (Å²) in [7, 11) is -3.80. The average Bonchev–Trinajstić information content (AvgIpc) is 3.23. The summed E-state index contributed by atoms with van der Waals surface area (Å²) >= 11 is 0. The zero-order valence-electron chi connectivity index (χ0n) is 21.9. The molecule has 1 atom stereocenters. The van der Waals surface area contributed by atoms with E-state index >= 15 is 0 Å². The second kappa shape index (κ2) is 10.8. The topological polar surface area (TPSA) is 111 Å². The Morgan fingerprint density at radius 3 is 2.34 bits per heavy atom. The fourth-order valence-corrected chi connectivity index (χ4v) is 5.18. The van der Waals surface area contributed by atoms with E-state index in [-0.39, 0.29) is 22.8 Å². The van der Waals surface area contributed by atoms with E-state index in [1.165, 1.54) is 6.08 Å². The Morgan fingerprint density at radius 1 is 1.03 bits per heavy atom. The maximum atomic E-state index is 13.2. The minimum atomic E-state index is -3.80. The quantitative estimate of drug-likeness (QED) is 0.227. The van der Waals surface area contributed by atoms with E-state index in [0.717, 1.165) is 27.6 Å². The summed E-state index contributed by atoms with van der Waals surface area (Å²) in [5, 5.41) is 12.9. The Morgan fingerprint density at radius 2 is 1.71 bits per heavy atom. The van der Waals surface area contributed by atoms with Crippen LogP contribution in [0.15, 0.2) is 83.8 Å². The van der Waals surface area contributed by atoms with Gasteiger partial charge < -0.3 is 15.4 Å². The van der Waals surface area contributed by atoms with E-state index in [9.17, 15) is 18.3 Å². The molecule has 38 heavy (non-hydrogen) atoms. The van der Waals surface area contributed by atoms with E-state index in [1.807, 2.05) is 48.5 Å². The minimum absolute atomic E-state index is 0.0764. The van der Waals surface area contributed by atoms with Gasteiger partial charge in [-0.25, -0.2) is 8.42 Å². The van der Waals surface area contributed by atoms with Crippen LogP contribution >= 0.6 is 0 Å². The van der Waals surface area contributed by atoms with Crippen molar-refractivity contribution >= 4 is 38.6 Å². The number of hydrogen-bond donors (Lipinski definition) is 4. The van der Waals surface area contributed by atoms with Crippen molar-refractivity contribution in [1.29, 1.82) is 0 Å². The molecule has 0 saturated heterocycles. The zero-order chi connectivity index (χ0) is 27.5. The van der Waals surface area contributed by atoms with Crippen LogP contribution in [0.2, 0.25) is 0 Å². The van der Waals surface area contributed by atoms with Crippen LogP contribution in [0.3, 0.4) is 0 Å². The van der Waals surface area contributed by atoms with Gasteiger partial charge in [0.05, 0.1) is 11.0 Å². The van der Waals surface area contributed by atoms with Crippen molar-refractivity contribution in [3.05, 3.63) is 90.1 Å². The lowest BCUT2D eigenvalue weighted by Gasteiger charge is -2.19. The lowest BCUT2D eigenvalue weighted by molar-refractivity contribution is -0.116. The van der Waals surface area contributed by atoms with Crippen LogP contribution < -0.4 is 10.0 Å². The van der Waals surface area contributed by atoms with E-state index in [1.54, 1.807) is 37.3 Å². The highest BCUT2D eigenvalue weighted by Gasteiger charge is 2.19. The fraction of sp³-hybridized carbons (Fsp3) is 0.233. The van der Waals surface area contributed by atoms with Crippen LogP contribution in [0, 0.1) is 0 Å². The minimum Gasteiger partial charge on any atom is -0.392 e. The first-order chi connectivity index (χ1) is 17.9. The molecule has 4 N–H and O–H groups in total. The SMILES string of the molecule is CC(O)CNC(=O)C=Cc1[nH]c2ccc(NS(=O)(=O)c3ccc(C(C)(C)C)cc3)cc2c1-c1ccccc1. The molecule has 198 valence electrons. The molecule has 4 rings (SSSR count). The number of hydrogen-bond acceptors (Lipinski definition) is 4. The third-order valence-corrected chi connectivity index (χ3v) is 7.54. The zero-order valence-corrected chi connectivity index (χ0v) is 22.8. The smallest absolute Gasteiger partial charge is 0.261 e. The number of anilines is 1. The van der Waals surface area contributed by atoms with Crippen molar-refractivity contribution in [2.45, 2.75) is 44.1 Å². The van der Waals surface area contributed by atoms with Crippen molar-refractivity contribution < 1.29 is 18.3 Å². The molecule has 0 saturated carbocycles. The van der Waals surface area contributed by atoms with Crippen molar-refractivity contribution in [2.75, 3.05) is 11.3 Å². The molecule has 0 fully saturated rings. The number of aliphatic hydroxyl groups excluding tert-OH is 1. The lowest BCUT2D eigenvalue weighted by atomic mass is 9.87. The molecule has 4 aromatic rings. The third kappa shape index (κ3) is 6.33. The summed E-state index contributed by atoms with van der Waals surface area (Å²) in [6.07, 6.45) is 2.45. The van der Waals surface area contributed by atoms with Gasteiger partial charge in [0.1, 0.15) is 0 Å². The van der Waals surface area contributed by atoms with Crippen molar-refractivity contribution in [3.8, 4) is 11.1 Å². The highest BCUT2D eigenvalue weighted by Crippen LogP contribution is 2.35. The summed E-state index contributed by atoms with van der Waals surface area (Å²) in [6, 6.07) is 21.9. The number of benzene rings is 3. The Hall–Kier alpha value is -3.88. The number of carbonyl (C=O) groups is 1. The monoisotopic (exact) mass is 531 g/mol. The number of carbonyl (C=O) groups excluding carboxylic acids is 1. The van der Waals surface area contributed by atoms with Gasteiger partial charge in [0, 0.05) is 40.5 Å². The van der Waals surface area contributed by atoms with E-state index in [0.29, 0.717) is 11.4 Å². The van der Waals surface area contributed by atoms with E-state index < -0.39 is 16.1 Å². The van der Waals surface area contributed by atoms with Crippen LogP contribution in [0.4, 0.5) is 5.69 Å². The number of rotatable bonds is 8. The van der Waals surface area contributed by atoms with Gasteiger partial charge in [-0.1, -0.05) is 63.2 Å². The molecule has 0 radical (unpaired) electrons. The molecule has 1 amide bonds.